The van der Waals surface area contributed by atoms with Crippen LogP contribution in [0.3, 0.4) is 0 Å². The van der Waals surface area contributed by atoms with E-state index in [-0.39, 0.29) is 6.42 Å². The van der Waals surface area contributed by atoms with Crippen LogP contribution in [0.2, 0.25) is 0 Å². The van der Waals surface area contributed by atoms with E-state index in [0.717, 1.165) is 26.2 Å². The number of Topliss-reactive ketones (excluding diaryl/α,β-unsaturated/α-hetero) is 2. The van der Waals surface area contributed by atoms with Crippen molar-refractivity contribution in [1.82, 2.24) is 0 Å². The molecule has 0 heterocycles. The van der Waals surface area contributed by atoms with Crippen molar-refractivity contribution in [2.45, 2.75) is 71.0 Å². The number of aliphatic hydroxyl groups is 2. The van der Waals surface area contributed by atoms with Crippen LogP contribution in [-0.2, 0) is 14.2 Å². The Morgan fingerprint density at radius 2 is 1.27 bits per heavy atom. The molecule has 0 amide bonds. The van der Waals surface area contributed by atoms with Crippen LogP contribution in [0, 0.1) is 0 Å². The second-order valence-corrected chi connectivity index (χ2v) is 6.06. The molecular formula is C13H27O8P. The minimum Gasteiger partial charge on any atom is -0.354 e. The van der Waals surface area contributed by atoms with Crippen LogP contribution in [-0.4, -0.2) is 42.2 Å². The molecule has 0 aliphatic heterocycles. The van der Waals surface area contributed by atoms with Gasteiger partial charge in [0.15, 0.2) is 11.6 Å². The van der Waals surface area contributed by atoms with E-state index in [2.05, 4.69) is 6.92 Å². The zero-order chi connectivity index (χ0) is 17.8. The number of rotatable bonds is 10. The van der Waals surface area contributed by atoms with E-state index in [1.165, 1.54) is 19.3 Å². The molecule has 0 radical (unpaired) electrons. The van der Waals surface area contributed by atoms with Crippen molar-refractivity contribution in [3.05, 3.63) is 0 Å². The molecule has 22 heavy (non-hydrogen) atoms. The topological polar surface area (TPSA) is 152 Å². The highest BCUT2D eigenvalue weighted by Crippen LogP contribution is 2.25. The number of carbonyl (C=O) groups is 2. The minimum atomic E-state index is -4.64. The van der Waals surface area contributed by atoms with Gasteiger partial charge in [-0.3, -0.25) is 9.59 Å². The molecule has 0 aliphatic carbocycles. The van der Waals surface area contributed by atoms with Gasteiger partial charge in [0.1, 0.15) is 0 Å². The number of hydrogen-bond donors (Lipinski definition) is 5. The van der Waals surface area contributed by atoms with E-state index in [1.54, 1.807) is 0 Å². The van der Waals surface area contributed by atoms with E-state index < -0.39 is 25.2 Å². The molecule has 9 heteroatoms. The van der Waals surface area contributed by atoms with Gasteiger partial charge >= 0.3 is 7.82 Å². The first-order valence-electron chi connectivity index (χ1n) is 7.20. The summed E-state index contributed by atoms with van der Waals surface area (Å²) in [4.78, 5) is 43.7. The van der Waals surface area contributed by atoms with E-state index >= 15 is 0 Å². The third-order valence-electron chi connectivity index (χ3n) is 2.89. The molecule has 0 saturated carbocycles. The van der Waals surface area contributed by atoms with Crippen LogP contribution < -0.4 is 0 Å². The maximum absolute atomic E-state index is 11.3. The van der Waals surface area contributed by atoms with Crippen molar-refractivity contribution in [3.8, 4) is 0 Å². The largest absolute Gasteiger partial charge is 0.466 e. The summed E-state index contributed by atoms with van der Waals surface area (Å²) in [5, 5.41) is 18.4. The molecule has 8 nitrogen and oxygen atoms in total. The van der Waals surface area contributed by atoms with Gasteiger partial charge in [-0.25, -0.2) is 4.57 Å². The summed E-state index contributed by atoms with van der Waals surface area (Å²) in [5.74, 6) is -4.48. The number of hydrogen-bond acceptors (Lipinski definition) is 5. The van der Waals surface area contributed by atoms with E-state index in [4.69, 9.17) is 19.2 Å². The Bertz CT molecular complexity index is 366. The lowest BCUT2D eigenvalue weighted by molar-refractivity contribution is -0.187. The normalized spacial score (nSPS) is 11.6. The highest BCUT2D eigenvalue weighted by atomic mass is 31.2. The Balaban J connectivity index is 0. The van der Waals surface area contributed by atoms with Crippen LogP contribution in [0.4, 0.5) is 0 Å². The van der Waals surface area contributed by atoms with Gasteiger partial charge in [-0.2, -0.15) is 0 Å². The second kappa shape index (κ2) is 11.9. The van der Waals surface area contributed by atoms with Crippen molar-refractivity contribution in [2.24, 2.45) is 0 Å². The van der Waals surface area contributed by atoms with Gasteiger partial charge in [-0.05, 0) is 6.42 Å². The molecule has 132 valence electrons. The maximum Gasteiger partial charge on any atom is 0.466 e. The molecule has 0 fully saturated rings. The zero-order valence-electron chi connectivity index (χ0n) is 13.1. The number of ketones is 2. The highest BCUT2D eigenvalue weighted by molar-refractivity contribution is 7.45. The molecule has 0 bridgehead atoms. The lowest BCUT2D eigenvalue weighted by Gasteiger charge is -2.16. The monoisotopic (exact) mass is 342 g/mol. The third kappa shape index (κ3) is 15.8. The van der Waals surface area contributed by atoms with Crippen LogP contribution in [0.15, 0.2) is 0 Å². The van der Waals surface area contributed by atoms with Crippen LogP contribution in [0.5, 0.6) is 0 Å². The summed E-state index contributed by atoms with van der Waals surface area (Å²) in [6.07, 6.45) is 7.41. The molecule has 0 aromatic rings. The average Bonchev–Trinajstić information content (AvgIpc) is 2.35. The Morgan fingerprint density at radius 3 is 1.64 bits per heavy atom. The SMILES string of the molecule is CCCCCCCCCC(=O)C(O)(O)C(C)=O.O=P(O)(O)O. The molecule has 0 aromatic carbocycles. The lowest BCUT2D eigenvalue weighted by atomic mass is 10.0. The van der Waals surface area contributed by atoms with Crippen molar-refractivity contribution >= 4 is 19.4 Å². The predicted molar refractivity (Wildman–Crippen MR) is 79.7 cm³/mol. The maximum atomic E-state index is 11.3. The lowest BCUT2D eigenvalue weighted by Crippen LogP contribution is -2.45. The summed E-state index contributed by atoms with van der Waals surface area (Å²) in [5.41, 5.74) is 0. The standard InChI is InChI=1S/C13H24O4.H3O4P/c1-3-4-5-6-7-8-9-10-12(15)13(16,17)11(2)14;1-5(2,3)4/h16-17H,3-10H2,1-2H3;(H3,1,2,3,4). The van der Waals surface area contributed by atoms with Gasteiger partial charge in [-0.15, -0.1) is 0 Å². The third-order valence-corrected chi connectivity index (χ3v) is 2.89. The first-order valence-corrected chi connectivity index (χ1v) is 8.76. The smallest absolute Gasteiger partial charge is 0.354 e. The van der Waals surface area contributed by atoms with Gasteiger partial charge in [0.05, 0.1) is 0 Å². The number of phosphoric acid groups is 1. The Morgan fingerprint density at radius 1 is 0.909 bits per heavy atom. The fourth-order valence-corrected chi connectivity index (χ4v) is 1.61. The second-order valence-electron chi connectivity index (χ2n) is 5.04. The first-order chi connectivity index (χ1) is 9.92. The molecule has 0 unspecified atom stereocenters. The average molecular weight is 342 g/mol. The molecule has 0 aliphatic rings. The van der Waals surface area contributed by atoms with Gasteiger partial charge in [0.2, 0.25) is 0 Å². The molecular weight excluding hydrogens is 315 g/mol. The van der Waals surface area contributed by atoms with Crippen LogP contribution in [0.1, 0.15) is 65.2 Å². The Hall–Kier alpha value is -0.630. The predicted octanol–water partition coefficient (Wildman–Crippen LogP) is 1.04. The molecule has 0 aromatic heterocycles. The van der Waals surface area contributed by atoms with Gasteiger partial charge in [0.25, 0.3) is 5.79 Å². The van der Waals surface area contributed by atoms with Gasteiger partial charge < -0.3 is 24.9 Å². The number of unbranched alkanes of at least 4 members (excludes halogenated alkanes) is 6. The molecule has 0 rings (SSSR count). The highest BCUT2D eigenvalue weighted by Gasteiger charge is 2.37. The minimum absolute atomic E-state index is 0.0559. The Labute approximate surface area is 130 Å². The first kappa shape index (κ1) is 23.6. The van der Waals surface area contributed by atoms with E-state index in [1.807, 2.05) is 0 Å². The van der Waals surface area contributed by atoms with Crippen LogP contribution in [0.25, 0.3) is 0 Å². The molecule has 0 saturated heterocycles. The fraction of sp³-hybridized carbons (Fsp3) is 0.846. The summed E-state index contributed by atoms with van der Waals surface area (Å²) in [6.45, 7) is 3.16. The fourth-order valence-electron chi connectivity index (χ4n) is 1.61. The summed E-state index contributed by atoms with van der Waals surface area (Å²) >= 11 is 0. The summed E-state index contributed by atoms with van der Waals surface area (Å²) in [6, 6.07) is 0. The molecule has 0 atom stereocenters. The van der Waals surface area contributed by atoms with Gasteiger partial charge in [0, 0.05) is 13.3 Å². The number of carbonyl (C=O) groups excluding carboxylic acids is 2. The summed E-state index contributed by atoms with van der Waals surface area (Å²) in [7, 11) is -4.64. The summed E-state index contributed by atoms with van der Waals surface area (Å²) < 4.78 is 8.88. The zero-order valence-corrected chi connectivity index (χ0v) is 14.0. The van der Waals surface area contributed by atoms with E-state index in [9.17, 15) is 19.8 Å². The van der Waals surface area contributed by atoms with Crippen molar-refractivity contribution in [1.29, 1.82) is 0 Å². The van der Waals surface area contributed by atoms with Gasteiger partial charge in [-0.1, -0.05) is 45.4 Å². The van der Waals surface area contributed by atoms with Crippen molar-refractivity contribution in [2.75, 3.05) is 0 Å². The Kier molecular flexibility index (Phi) is 12.8. The van der Waals surface area contributed by atoms with Crippen LogP contribution >= 0.6 is 7.82 Å². The molecule has 5 N–H and O–H groups in total. The van der Waals surface area contributed by atoms with Crippen molar-refractivity contribution in [3.63, 3.8) is 0 Å². The van der Waals surface area contributed by atoms with E-state index in [0.29, 0.717) is 6.42 Å². The van der Waals surface area contributed by atoms with Crippen molar-refractivity contribution < 1.29 is 39.0 Å². The quantitative estimate of drug-likeness (QED) is 0.171. The molecule has 0 spiro atoms.